The molecule has 0 amide bonds. The quantitative estimate of drug-likeness (QED) is 0.527. The standard InChI is InChI=1S/C12H20O6/c1-5-16-11(15)8-17-9(13)6-7-10(14)18-12(2,3)4/h5-8H2,1-4H3. The highest BCUT2D eigenvalue weighted by Crippen LogP contribution is 2.09. The number of carbonyl (C=O) groups excluding carboxylic acids is 3. The van der Waals surface area contributed by atoms with Crippen LogP contribution in [0.25, 0.3) is 0 Å². The molecule has 6 heteroatoms. The molecule has 0 heterocycles. The Labute approximate surface area is 107 Å². The Morgan fingerprint density at radius 3 is 1.94 bits per heavy atom. The number of hydrogen-bond donors (Lipinski definition) is 0. The predicted octanol–water partition coefficient (Wildman–Crippen LogP) is 1.21. The molecule has 0 aliphatic carbocycles. The molecular weight excluding hydrogens is 240 g/mol. The minimum Gasteiger partial charge on any atom is -0.463 e. The molecule has 0 aromatic rings. The van der Waals surface area contributed by atoms with Crippen molar-refractivity contribution < 1.29 is 28.6 Å². The van der Waals surface area contributed by atoms with E-state index in [9.17, 15) is 14.4 Å². The van der Waals surface area contributed by atoms with Crippen LogP contribution in [0.3, 0.4) is 0 Å². The fraction of sp³-hybridized carbons (Fsp3) is 0.750. The molecule has 0 rings (SSSR count). The lowest BCUT2D eigenvalue weighted by atomic mass is 10.2. The van der Waals surface area contributed by atoms with E-state index in [4.69, 9.17) is 4.74 Å². The molecule has 0 unspecified atom stereocenters. The van der Waals surface area contributed by atoms with Crippen LogP contribution in [0.4, 0.5) is 0 Å². The van der Waals surface area contributed by atoms with Crippen LogP contribution in [0.2, 0.25) is 0 Å². The van der Waals surface area contributed by atoms with Crippen molar-refractivity contribution in [1.82, 2.24) is 0 Å². The van der Waals surface area contributed by atoms with Crippen LogP contribution in [-0.2, 0) is 28.6 Å². The van der Waals surface area contributed by atoms with Crippen molar-refractivity contribution in [2.24, 2.45) is 0 Å². The van der Waals surface area contributed by atoms with Crippen LogP contribution in [0.5, 0.6) is 0 Å². The summed E-state index contributed by atoms with van der Waals surface area (Å²) < 4.78 is 14.2. The average molecular weight is 260 g/mol. The normalized spacial score (nSPS) is 10.7. The molecule has 0 aliphatic rings. The van der Waals surface area contributed by atoms with E-state index >= 15 is 0 Å². The molecular formula is C12H20O6. The molecule has 18 heavy (non-hydrogen) atoms. The molecule has 0 N–H and O–H groups in total. The molecule has 0 atom stereocenters. The third-order valence-corrected chi connectivity index (χ3v) is 1.61. The maximum atomic E-state index is 11.3. The van der Waals surface area contributed by atoms with Crippen LogP contribution in [-0.4, -0.2) is 36.7 Å². The Morgan fingerprint density at radius 2 is 1.44 bits per heavy atom. The largest absolute Gasteiger partial charge is 0.463 e. The van der Waals surface area contributed by atoms with Crippen molar-refractivity contribution in [1.29, 1.82) is 0 Å². The Morgan fingerprint density at radius 1 is 0.889 bits per heavy atom. The van der Waals surface area contributed by atoms with Crippen molar-refractivity contribution in [3.63, 3.8) is 0 Å². The first-order chi connectivity index (χ1) is 8.24. The van der Waals surface area contributed by atoms with Crippen LogP contribution < -0.4 is 0 Å². The van der Waals surface area contributed by atoms with E-state index in [2.05, 4.69) is 9.47 Å². The molecule has 0 aromatic carbocycles. The van der Waals surface area contributed by atoms with Crippen molar-refractivity contribution in [2.45, 2.75) is 46.1 Å². The fourth-order valence-electron chi connectivity index (χ4n) is 1.01. The third kappa shape index (κ3) is 9.62. The monoisotopic (exact) mass is 260 g/mol. The number of rotatable bonds is 6. The molecule has 0 fully saturated rings. The van der Waals surface area contributed by atoms with E-state index in [1.165, 1.54) is 0 Å². The van der Waals surface area contributed by atoms with Gasteiger partial charge < -0.3 is 14.2 Å². The summed E-state index contributed by atoms with van der Waals surface area (Å²) in [6, 6.07) is 0. The highest BCUT2D eigenvalue weighted by atomic mass is 16.6. The Balaban J connectivity index is 3.77. The minimum atomic E-state index is -0.631. The highest BCUT2D eigenvalue weighted by molar-refractivity contribution is 5.80. The second-order valence-corrected chi connectivity index (χ2v) is 4.55. The van der Waals surface area contributed by atoms with Gasteiger partial charge in [0.1, 0.15) is 5.60 Å². The number of esters is 3. The fourth-order valence-corrected chi connectivity index (χ4v) is 1.01. The third-order valence-electron chi connectivity index (χ3n) is 1.61. The summed E-state index contributed by atoms with van der Waals surface area (Å²) in [4.78, 5) is 33.3. The summed E-state index contributed by atoms with van der Waals surface area (Å²) in [6.07, 6.45) is -0.187. The van der Waals surface area contributed by atoms with E-state index in [1.807, 2.05) is 0 Å². The van der Waals surface area contributed by atoms with Crippen molar-refractivity contribution in [2.75, 3.05) is 13.2 Å². The molecule has 0 aliphatic heterocycles. The van der Waals surface area contributed by atoms with Crippen LogP contribution >= 0.6 is 0 Å². The lowest BCUT2D eigenvalue weighted by Crippen LogP contribution is -2.24. The van der Waals surface area contributed by atoms with Gasteiger partial charge in [-0.05, 0) is 27.7 Å². The van der Waals surface area contributed by atoms with Gasteiger partial charge in [-0.25, -0.2) is 4.79 Å². The van der Waals surface area contributed by atoms with Gasteiger partial charge in [0, 0.05) is 0 Å². The SMILES string of the molecule is CCOC(=O)COC(=O)CCC(=O)OC(C)(C)C. The maximum Gasteiger partial charge on any atom is 0.344 e. The zero-order valence-corrected chi connectivity index (χ0v) is 11.3. The van der Waals surface area contributed by atoms with E-state index in [-0.39, 0.29) is 19.4 Å². The van der Waals surface area contributed by atoms with E-state index < -0.39 is 30.1 Å². The predicted molar refractivity (Wildman–Crippen MR) is 62.7 cm³/mol. The maximum absolute atomic E-state index is 11.3. The highest BCUT2D eigenvalue weighted by Gasteiger charge is 2.17. The van der Waals surface area contributed by atoms with Gasteiger partial charge in [-0.15, -0.1) is 0 Å². The Bertz CT molecular complexity index is 302. The Hall–Kier alpha value is -1.59. The van der Waals surface area contributed by atoms with Gasteiger partial charge in [0.2, 0.25) is 0 Å². The summed E-state index contributed by atoms with van der Waals surface area (Å²) in [5.74, 6) is -1.72. The summed E-state index contributed by atoms with van der Waals surface area (Å²) in [6.45, 7) is 6.68. The second kappa shape index (κ2) is 7.68. The first-order valence-corrected chi connectivity index (χ1v) is 5.77. The van der Waals surface area contributed by atoms with Crippen molar-refractivity contribution >= 4 is 17.9 Å². The van der Waals surface area contributed by atoms with Crippen LogP contribution in [0.1, 0.15) is 40.5 Å². The number of ether oxygens (including phenoxy) is 3. The molecule has 104 valence electrons. The van der Waals surface area contributed by atoms with Crippen molar-refractivity contribution in [3.05, 3.63) is 0 Å². The lowest BCUT2D eigenvalue weighted by Gasteiger charge is -2.19. The van der Waals surface area contributed by atoms with Gasteiger partial charge in [0.15, 0.2) is 6.61 Å². The van der Waals surface area contributed by atoms with E-state index in [0.29, 0.717) is 0 Å². The Kier molecular flexibility index (Phi) is 7.00. The summed E-state index contributed by atoms with van der Waals surface area (Å²) in [5, 5.41) is 0. The summed E-state index contributed by atoms with van der Waals surface area (Å²) in [7, 11) is 0. The number of hydrogen-bond acceptors (Lipinski definition) is 6. The topological polar surface area (TPSA) is 78.9 Å². The lowest BCUT2D eigenvalue weighted by molar-refractivity contribution is -0.161. The van der Waals surface area contributed by atoms with Crippen molar-refractivity contribution in [3.8, 4) is 0 Å². The zero-order valence-electron chi connectivity index (χ0n) is 11.3. The van der Waals surface area contributed by atoms with Crippen LogP contribution in [0.15, 0.2) is 0 Å². The molecule has 6 nitrogen and oxygen atoms in total. The van der Waals surface area contributed by atoms with E-state index in [1.54, 1.807) is 27.7 Å². The van der Waals surface area contributed by atoms with Gasteiger partial charge in [-0.2, -0.15) is 0 Å². The number of carbonyl (C=O) groups is 3. The first-order valence-electron chi connectivity index (χ1n) is 5.77. The molecule has 0 bridgehead atoms. The minimum absolute atomic E-state index is 0.0705. The van der Waals surface area contributed by atoms with Gasteiger partial charge in [0.25, 0.3) is 0 Å². The van der Waals surface area contributed by atoms with Crippen LogP contribution in [0, 0.1) is 0 Å². The van der Waals surface area contributed by atoms with Gasteiger partial charge in [-0.3, -0.25) is 9.59 Å². The van der Waals surface area contributed by atoms with Gasteiger partial charge in [0.05, 0.1) is 19.4 Å². The average Bonchev–Trinajstić information content (AvgIpc) is 2.21. The second-order valence-electron chi connectivity index (χ2n) is 4.55. The summed E-state index contributed by atoms with van der Waals surface area (Å²) >= 11 is 0. The first kappa shape index (κ1) is 16.4. The summed E-state index contributed by atoms with van der Waals surface area (Å²) in [5.41, 5.74) is -0.577. The molecule has 0 aromatic heterocycles. The van der Waals surface area contributed by atoms with Gasteiger partial charge in [-0.1, -0.05) is 0 Å². The van der Waals surface area contributed by atoms with E-state index in [0.717, 1.165) is 0 Å². The molecule has 0 saturated heterocycles. The molecule has 0 saturated carbocycles. The zero-order chi connectivity index (χ0) is 14.2. The molecule has 0 spiro atoms. The molecule has 0 radical (unpaired) electrons. The smallest absolute Gasteiger partial charge is 0.344 e. The van der Waals surface area contributed by atoms with Gasteiger partial charge >= 0.3 is 17.9 Å².